The van der Waals surface area contributed by atoms with E-state index in [1.54, 1.807) is 6.20 Å². The lowest BCUT2D eigenvalue weighted by Gasteiger charge is -2.33. The fraction of sp³-hybridized carbons (Fsp3) is 0.538. The number of pyridine rings is 1. The summed E-state index contributed by atoms with van der Waals surface area (Å²) in [6.07, 6.45) is 1.61. The predicted molar refractivity (Wildman–Crippen MR) is 70.0 cm³/mol. The summed E-state index contributed by atoms with van der Waals surface area (Å²) in [5.41, 5.74) is 1.45. The number of likely N-dealkylation sites (N-methyl/N-ethyl adjacent to an activating group) is 1. The Balaban J connectivity index is 2.16. The summed E-state index contributed by atoms with van der Waals surface area (Å²) in [4.78, 5) is 20.4. The molecule has 0 aromatic carbocycles. The molecule has 0 bridgehead atoms. The maximum Gasteiger partial charge on any atom is 0.339 e. The highest BCUT2D eigenvalue weighted by atomic mass is 16.5. The molecule has 0 amide bonds. The Morgan fingerprint density at radius 2 is 2.00 bits per heavy atom. The van der Waals surface area contributed by atoms with Crippen LogP contribution in [0.3, 0.4) is 0 Å². The van der Waals surface area contributed by atoms with Crippen LogP contribution in [0.4, 0.5) is 5.82 Å². The lowest BCUT2D eigenvalue weighted by Crippen LogP contribution is -2.44. The van der Waals surface area contributed by atoms with E-state index in [1.165, 1.54) is 7.11 Å². The van der Waals surface area contributed by atoms with Gasteiger partial charge in [0.25, 0.3) is 0 Å². The zero-order chi connectivity index (χ0) is 13.1. The van der Waals surface area contributed by atoms with Gasteiger partial charge in [-0.3, -0.25) is 0 Å². The molecule has 5 nitrogen and oxygen atoms in total. The standard InChI is InChI=1S/C13H19N3O2/c1-10-8-12(14-9-11(10)13(17)18-3)16-6-4-15(2)5-7-16/h8-9H,4-7H2,1-3H3. The van der Waals surface area contributed by atoms with E-state index in [-0.39, 0.29) is 5.97 Å². The van der Waals surface area contributed by atoms with Gasteiger partial charge in [0, 0.05) is 32.4 Å². The maximum absolute atomic E-state index is 11.5. The van der Waals surface area contributed by atoms with Crippen LogP contribution in [0.1, 0.15) is 15.9 Å². The van der Waals surface area contributed by atoms with E-state index in [0.29, 0.717) is 5.56 Å². The number of hydrogen-bond donors (Lipinski definition) is 0. The van der Waals surface area contributed by atoms with Gasteiger partial charge in [-0.1, -0.05) is 0 Å². The number of piperazine rings is 1. The zero-order valence-electron chi connectivity index (χ0n) is 11.1. The first-order valence-electron chi connectivity index (χ1n) is 6.10. The Morgan fingerprint density at radius 3 is 2.56 bits per heavy atom. The van der Waals surface area contributed by atoms with Gasteiger partial charge >= 0.3 is 5.97 Å². The molecule has 0 radical (unpaired) electrons. The first-order chi connectivity index (χ1) is 8.61. The summed E-state index contributed by atoms with van der Waals surface area (Å²) < 4.78 is 4.72. The fourth-order valence-electron chi connectivity index (χ4n) is 2.07. The van der Waals surface area contributed by atoms with Gasteiger partial charge in [0.15, 0.2) is 0 Å². The fourth-order valence-corrected chi connectivity index (χ4v) is 2.07. The molecular formula is C13H19N3O2. The van der Waals surface area contributed by atoms with Crippen LogP contribution >= 0.6 is 0 Å². The summed E-state index contributed by atoms with van der Waals surface area (Å²) in [6, 6.07) is 1.96. The molecule has 1 fully saturated rings. The van der Waals surface area contributed by atoms with E-state index in [0.717, 1.165) is 37.6 Å². The van der Waals surface area contributed by atoms with Gasteiger partial charge in [0.1, 0.15) is 5.82 Å². The summed E-state index contributed by atoms with van der Waals surface area (Å²) in [5, 5.41) is 0. The van der Waals surface area contributed by atoms with E-state index in [4.69, 9.17) is 4.74 Å². The average Bonchev–Trinajstić information content (AvgIpc) is 2.38. The lowest BCUT2D eigenvalue weighted by molar-refractivity contribution is 0.0599. The second kappa shape index (κ2) is 5.35. The molecule has 5 heteroatoms. The maximum atomic E-state index is 11.5. The number of nitrogens with zero attached hydrogens (tertiary/aromatic N) is 3. The van der Waals surface area contributed by atoms with Crippen molar-refractivity contribution in [3.63, 3.8) is 0 Å². The van der Waals surface area contributed by atoms with E-state index >= 15 is 0 Å². The quantitative estimate of drug-likeness (QED) is 0.730. The summed E-state index contributed by atoms with van der Waals surface area (Å²) in [6.45, 7) is 5.94. The molecule has 0 unspecified atom stereocenters. The van der Waals surface area contributed by atoms with Gasteiger partial charge in [0.05, 0.1) is 12.7 Å². The van der Waals surface area contributed by atoms with Crippen molar-refractivity contribution in [2.24, 2.45) is 0 Å². The minimum atomic E-state index is -0.329. The molecule has 0 N–H and O–H groups in total. The van der Waals surface area contributed by atoms with Crippen molar-refractivity contribution in [2.45, 2.75) is 6.92 Å². The number of anilines is 1. The Morgan fingerprint density at radius 1 is 1.33 bits per heavy atom. The molecule has 1 saturated heterocycles. The third kappa shape index (κ3) is 2.61. The average molecular weight is 249 g/mol. The van der Waals surface area contributed by atoms with Crippen molar-refractivity contribution in [1.29, 1.82) is 0 Å². The Hall–Kier alpha value is -1.62. The van der Waals surface area contributed by atoms with Crippen molar-refractivity contribution in [2.75, 3.05) is 45.2 Å². The molecule has 2 rings (SSSR count). The van der Waals surface area contributed by atoms with Gasteiger partial charge in [-0.2, -0.15) is 0 Å². The third-order valence-corrected chi connectivity index (χ3v) is 3.33. The third-order valence-electron chi connectivity index (χ3n) is 3.33. The molecule has 1 aromatic heterocycles. The van der Waals surface area contributed by atoms with Gasteiger partial charge in [0.2, 0.25) is 0 Å². The number of carbonyl (C=O) groups excluding carboxylic acids is 1. The summed E-state index contributed by atoms with van der Waals surface area (Å²) in [7, 11) is 3.51. The molecule has 1 aromatic rings. The van der Waals surface area contributed by atoms with Gasteiger partial charge in [-0.25, -0.2) is 9.78 Å². The molecule has 1 aliphatic rings. The normalized spacial score (nSPS) is 16.7. The number of aromatic nitrogens is 1. The number of carbonyl (C=O) groups is 1. The van der Waals surface area contributed by atoms with Crippen molar-refractivity contribution in [3.05, 3.63) is 23.4 Å². The molecule has 98 valence electrons. The number of rotatable bonds is 2. The largest absolute Gasteiger partial charge is 0.465 e. The predicted octanol–water partition coefficient (Wildman–Crippen LogP) is 0.928. The molecule has 0 atom stereocenters. The Labute approximate surface area is 107 Å². The van der Waals surface area contributed by atoms with Crippen LogP contribution < -0.4 is 4.90 Å². The van der Waals surface area contributed by atoms with Crippen molar-refractivity contribution < 1.29 is 9.53 Å². The smallest absolute Gasteiger partial charge is 0.339 e. The number of hydrogen-bond acceptors (Lipinski definition) is 5. The number of methoxy groups -OCH3 is 1. The monoisotopic (exact) mass is 249 g/mol. The Kier molecular flexibility index (Phi) is 3.81. The highest BCUT2D eigenvalue weighted by Crippen LogP contribution is 2.17. The van der Waals surface area contributed by atoms with Crippen molar-refractivity contribution >= 4 is 11.8 Å². The lowest BCUT2D eigenvalue weighted by atomic mass is 10.1. The molecule has 2 heterocycles. The first-order valence-corrected chi connectivity index (χ1v) is 6.10. The minimum absolute atomic E-state index is 0.329. The van der Waals surface area contributed by atoms with Crippen LogP contribution in [0.15, 0.2) is 12.3 Å². The van der Waals surface area contributed by atoms with Crippen molar-refractivity contribution in [1.82, 2.24) is 9.88 Å². The van der Waals surface area contributed by atoms with Crippen LogP contribution in [0, 0.1) is 6.92 Å². The molecule has 18 heavy (non-hydrogen) atoms. The zero-order valence-corrected chi connectivity index (χ0v) is 11.1. The summed E-state index contributed by atoms with van der Waals surface area (Å²) in [5.74, 6) is 0.609. The topological polar surface area (TPSA) is 45.7 Å². The SMILES string of the molecule is COC(=O)c1cnc(N2CCN(C)CC2)cc1C. The van der Waals surface area contributed by atoms with E-state index < -0.39 is 0 Å². The first kappa shape index (κ1) is 12.8. The minimum Gasteiger partial charge on any atom is -0.465 e. The molecule has 0 spiro atoms. The van der Waals surface area contributed by atoms with Crippen LogP contribution in [0.25, 0.3) is 0 Å². The van der Waals surface area contributed by atoms with Crippen LogP contribution in [-0.2, 0) is 4.74 Å². The Bertz CT molecular complexity index is 440. The highest BCUT2D eigenvalue weighted by Gasteiger charge is 2.17. The van der Waals surface area contributed by atoms with E-state index in [9.17, 15) is 4.79 Å². The number of esters is 1. The number of aryl methyl sites for hydroxylation is 1. The second-order valence-electron chi connectivity index (χ2n) is 4.64. The molecular weight excluding hydrogens is 230 g/mol. The van der Waals surface area contributed by atoms with Crippen LogP contribution in [-0.4, -0.2) is 56.2 Å². The highest BCUT2D eigenvalue weighted by molar-refractivity contribution is 5.90. The van der Waals surface area contributed by atoms with Gasteiger partial charge < -0.3 is 14.5 Å². The number of ether oxygens (including phenoxy) is 1. The van der Waals surface area contributed by atoms with Gasteiger partial charge in [-0.05, 0) is 25.6 Å². The van der Waals surface area contributed by atoms with Crippen molar-refractivity contribution in [3.8, 4) is 0 Å². The molecule has 1 aliphatic heterocycles. The summed E-state index contributed by atoms with van der Waals surface area (Å²) >= 11 is 0. The molecule has 0 saturated carbocycles. The van der Waals surface area contributed by atoms with E-state index in [1.807, 2.05) is 13.0 Å². The van der Waals surface area contributed by atoms with E-state index in [2.05, 4.69) is 21.8 Å². The van der Waals surface area contributed by atoms with Crippen LogP contribution in [0.2, 0.25) is 0 Å². The second-order valence-corrected chi connectivity index (χ2v) is 4.64. The van der Waals surface area contributed by atoms with Gasteiger partial charge in [-0.15, -0.1) is 0 Å². The van der Waals surface area contributed by atoms with Crippen LogP contribution in [0.5, 0.6) is 0 Å². The molecule has 0 aliphatic carbocycles.